The van der Waals surface area contributed by atoms with Gasteiger partial charge >= 0.3 is 0 Å². The van der Waals surface area contributed by atoms with Crippen LogP contribution in [0.2, 0.25) is 0 Å². The van der Waals surface area contributed by atoms with Crippen LogP contribution in [-0.2, 0) is 16.0 Å². The van der Waals surface area contributed by atoms with Crippen molar-refractivity contribution in [1.82, 2.24) is 24.8 Å². The maximum Gasteiger partial charge on any atom is 0.253 e. The molecule has 0 spiro atoms. The van der Waals surface area contributed by atoms with Gasteiger partial charge in [0, 0.05) is 80.7 Å². The molecule has 44 heavy (non-hydrogen) atoms. The van der Waals surface area contributed by atoms with E-state index in [0.717, 1.165) is 28.7 Å². The Morgan fingerprint density at radius 3 is 2.57 bits per heavy atom. The van der Waals surface area contributed by atoms with E-state index >= 15 is 0 Å². The van der Waals surface area contributed by atoms with E-state index in [0.29, 0.717) is 62.2 Å². The summed E-state index contributed by atoms with van der Waals surface area (Å²) in [4.78, 5) is 47.2. The fourth-order valence-electron chi connectivity index (χ4n) is 5.08. The number of fused-ring (bicyclic) bond motifs is 1. The van der Waals surface area contributed by atoms with Crippen LogP contribution in [0.3, 0.4) is 0 Å². The van der Waals surface area contributed by atoms with Gasteiger partial charge in [-0.05, 0) is 67.4 Å². The number of hydrogen-bond donors (Lipinski definition) is 5. The van der Waals surface area contributed by atoms with Crippen LogP contribution < -0.4 is 22.1 Å². The van der Waals surface area contributed by atoms with E-state index in [9.17, 15) is 14.4 Å². The Labute approximate surface area is 256 Å². The van der Waals surface area contributed by atoms with Crippen LogP contribution in [0, 0.1) is 5.41 Å². The van der Waals surface area contributed by atoms with Gasteiger partial charge in [-0.15, -0.1) is 0 Å². The highest BCUT2D eigenvalue weighted by Gasteiger charge is 2.23. The molecule has 12 heteroatoms. The number of rotatable bonds is 16. The molecular weight excluding hydrogens is 558 g/mol. The standard InChI is InChI=1S/C32H39N9O3/c1-40(18-14-24-6-2-3-15-36-24)31(44)23-10-13-28-27(20-23)39-30(22-8-11-25(12-9-22)37-17-5-19-42)41(28)26(21-29(33)43)7-4-16-38-32(34)35/h2-3,6,8-13,15,19-20,26,37H,4-5,7,14,16-18,21H2,1H3,(H2,33,43)(H4,34,35,38). The third-order valence-corrected chi connectivity index (χ3v) is 7.28. The third-order valence-electron chi connectivity index (χ3n) is 7.28. The Morgan fingerprint density at radius 1 is 1.09 bits per heavy atom. The molecule has 0 saturated carbocycles. The van der Waals surface area contributed by atoms with Gasteiger partial charge < -0.3 is 36.4 Å². The summed E-state index contributed by atoms with van der Waals surface area (Å²) >= 11 is 0. The van der Waals surface area contributed by atoms with Crippen LogP contribution in [-0.4, -0.2) is 70.2 Å². The van der Waals surface area contributed by atoms with Gasteiger partial charge in [-0.2, -0.15) is 0 Å². The lowest BCUT2D eigenvalue weighted by Crippen LogP contribution is -2.31. The van der Waals surface area contributed by atoms with Crippen molar-refractivity contribution in [3.05, 3.63) is 78.1 Å². The number of carbonyl (C=O) groups excluding carboxylic acids is 3. The predicted molar refractivity (Wildman–Crippen MR) is 171 cm³/mol. The smallest absolute Gasteiger partial charge is 0.253 e. The molecule has 2 amide bonds. The number of pyridine rings is 1. The van der Waals surface area contributed by atoms with Crippen molar-refractivity contribution in [2.75, 3.05) is 32.0 Å². The first kappa shape index (κ1) is 31.7. The normalized spacial score (nSPS) is 11.6. The number of anilines is 1. The van der Waals surface area contributed by atoms with E-state index in [1.807, 2.05) is 53.1 Å². The maximum absolute atomic E-state index is 13.4. The van der Waals surface area contributed by atoms with Gasteiger partial charge in [0.05, 0.1) is 11.0 Å². The van der Waals surface area contributed by atoms with Gasteiger partial charge in [0.1, 0.15) is 12.1 Å². The minimum absolute atomic E-state index is 0.0841. The first-order valence-corrected chi connectivity index (χ1v) is 14.6. The molecule has 0 aliphatic heterocycles. The van der Waals surface area contributed by atoms with E-state index in [2.05, 4.69) is 15.6 Å². The molecule has 0 aliphatic rings. The van der Waals surface area contributed by atoms with E-state index in [-0.39, 0.29) is 24.3 Å². The highest BCUT2D eigenvalue weighted by atomic mass is 16.2. The molecule has 0 bridgehead atoms. The van der Waals surface area contributed by atoms with Crippen molar-refractivity contribution < 1.29 is 14.4 Å². The molecule has 0 aliphatic carbocycles. The largest absolute Gasteiger partial charge is 0.385 e. The van der Waals surface area contributed by atoms with Gasteiger partial charge in [0.2, 0.25) is 5.91 Å². The molecule has 1 unspecified atom stereocenters. The molecule has 7 N–H and O–H groups in total. The van der Waals surface area contributed by atoms with Crippen molar-refractivity contribution in [3.8, 4) is 11.4 Å². The van der Waals surface area contributed by atoms with Crippen molar-refractivity contribution in [2.24, 2.45) is 11.5 Å². The average Bonchev–Trinajstić information content (AvgIpc) is 3.40. The van der Waals surface area contributed by atoms with Crippen molar-refractivity contribution in [1.29, 1.82) is 5.41 Å². The quantitative estimate of drug-likeness (QED) is 0.0564. The molecule has 0 fully saturated rings. The van der Waals surface area contributed by atoms with Crippen LogP contribution in [0.4, 0.5) is 5.69 Å². The Morgan fingerprint density at radius 2 is 1.89 bits per heavy atom. The SMILES string of the molecule is CN(CCc1ccccn1)C(=O)c1ccc2c(c1)nc(-c1ccc(NCCC=O)cc1)n2C(CCCNC(=N)N)CC(N)=O. The summed E-state index contributed by atoms with van der Waals surface area (Å²) in [5.74, 6) is -0.0559. The lowest BCUT2D eigenvalue weighted by molar-refractivity contribution is -0.118. The Hall–Kier alpha value is -5.26. The second-order valence-electron chi connectivity index (χ2n) is 10.6. The fourth-order valence-corrected chi connectivity index (χ4v) is 5.08. The first-order valence-electron chi connectivity index (χ1n) is 14.6. The molecule has 2 aromatic carbocycles. The number of aldehydes is 1. The van der Waals surface area contributed by atoms with E-state index in [1.54, 1.807) is 30.3 Å². The van der Waals surface area contributed by atoms with Crippen LogP contribution in [0.1, 0.15) is 47.8 Å². The van der Waals surface area contributed by atoms with Gasteiger partial charge in [-0.25, -0.2) is 4.98 Å². The number of nitrogens with one attached hydrogen (secondary N) is 3. The number of imidazole rings is 1. The number of nitrogens with zero attached hydrogens (tertiary/aromatic N) is 4. The minimum Gasteiger partial charge on any atom is -0.385 e. The van der Waals surface area contributed by atoms with Crippen molar-refractivity contribution in [3.63, 3.8) is 0 Å². The average molecular weight is 598 g/mol. The predicted octanol–water partition coefficient (Wildman–Crippen LogP) is 3.09. The summed E-state index contributed by atoms with van der Waals surface area (Å²) in [6, 6.07) is 18.5. The molecule has 0 radical (unpaired) electrons. The van der Waals surface area contributed by atoms with E-state index in [1.165, 1.54) is 0 Å². The molecule has 2 heterocycles. The Kier molecular flexibility index (Phi) is 11.0. The summed E-state index contributed by atoms with van der Waals surface area (Å²) < 4.78 is 2.02. The van der Waals surface area contributed by atoms with E-state index < -0.39 is 5.91 Å². The monoisotopic (exact) mass is 597 g/mol. The molecule has 4 rings (SSSR count). The van der Waals surface area contributed by atoms with Crippen LogP contribution in [0.15, 0.2) is 66.9 Å². The molecule has 230 valence electrons. The Bertz CT molecular complexity index is 1590. The zero-order valence-electron chi connectivity index (χ0n) is 24.8. The number of likely N-dealkylation sites (N-methyl/N-ethyl adjacent to an activating group) is 1. The maximum atomic E-state index is 13.4. The number of aromatic nitrogens is 3. The Balaban J connectivity index is 1.68. The van der Waals surface area contributed by atoms with Crippen LogP contribution >= 0.6 is 0 Å². The topological polar surface area (TPSA) is 185 Å². The van der Waals surface area contributed by atoms with Crippen molar-refractivity contribution >= 4 is 40.8 Å². The summed E-state index contributed by atoms with van der Waals surface area (Å²) in [5.41, 5.74) is 15.6. The highest BCUT2D eigenvalue weighted by molar-refractivity contribution is 5.98. The number of nitrogens with two attached hydrogens (primary N) is 2. The number of amides is 2. The lowest BCUT2D eigenvalue weighted by Gasteiger charge is -2.21. The second-order valence-corrected chi connectivity index (χ2v) is 10.6. The first-order chi connectivity index (χ1) is 21.3. The zero-order chi connectivity index (χ0) is 31.5. The van der Waals surface area contributed by atoms with Crippen molar-refractivity contribution in [2.45, 2.75) is 38.1 Å². The summed E-state index contributed by atoms with van der Waals surface area (Å²) in [6.07, 6.45) is 4.94. The summed E-state index contributed by atoms with van der Waals surface area (Å²) in [5, 5.41) is 13.4. The molecular formula is C32H39N9O3. The number of primary amides is 1. The second kappa shape index (κ2) is 15.3. The zero-order valence-corrected chi connectivity index (χ0v) is 24.8. The minimum atomic E-state index is -0.446. The van der Waals surface area contributed by atoms with Gasteiger partial charge in [-0.1, -0.05) is 6.07 Å². The molecule has 12 nitrogen and oxygen atoms in total. The lowest BCUT2D eigenvalue weighted by atomic mass is 10.1. The third kappa shape index (κ3) is 8.40. The number of carbonyl (C=O) groups is 3. The summed E-state index contributed by atoms with van der Waals surface area (Å²) in [6.45, 7) is 1.51. The fraction of sp³-hybridized carbons (Fsp3) is 0.312. The van der Waals surface area contributed by atoms with Gasteiger partial charge in [-0.3, -0.25) is 20.0 Å². The number of hydrogen-bond acceptors (Lipinski definition) is 7. The molecule has 1 atom stereocenters. The molecule has 4 aromatic rings. The molecule has 2 aromatic heterocycles. The van der Waals surface area contributed by atoms with Gasteiger partial charge in [0.25, 0.3) is 5.91 Å². The number of guanidine groups is 1. The summed E-state index contributed by atoms with van der Waals surface area (Å²) in [7, 11) is 1.77. The highest BCUT2D eigenvalue weighted by Crippen LogP contribution is 2.33. The van der Waals surface area contributed by atoms with Crippen LogP contribution in [0.25, 0.3) is 22.4 Å². The number of benzene rings is 2. The van der Waals surface area contributed by atoms with E-state index in [4.69, 9.17) is 21.9 Å². The van der Waals surface area contributed by atoms with Crippen LogP contribution in [0.5, 0.6) is 0 Å². The van der Waals surface area contributed by atoms with Gasteiger partial charge in [0.15, 0.2) is 5.96 Å². The molecule has 0 saturated heterocycles.